The molecule has 3 heteroatoms. The number of nitrogens with zero attached hydrogens (tertiary/aromatic N) is 2. The van der Waals surface area contributed by atoms with E-state index in [9.17, 15) is 4.79 Å². The number of allylic oxidation sites excluding steroid dienone is 1. The first-order valence-corrected chi connectivity index (χ1v) is 7.42. The number of likely N-dealkylation sites (N-methyl/N-ethyl adjacent to an activating group) is 2. The molecule has 0 aromatic heterocycles. The van der Waals surface area contributed by atoms with E-state index in [0.29, 0.717) is 0 Å². The lowest BCUT2D eigenvalue weighted by Crippen LogP contribution is -2.39. The quantitative estimate of drug-likeness (QED) is 0.687. The molecule has 0 bridgehead atoms. The molecule has 0 fully saturated rings. The maximum atomic E-state index is 12.4. The molecule has 0 aliphatic carbocycles. The summed E-state index contributed by atoms with van der Waals surface area (Å²) in [4.78, 5) is 16.8. The minimum Gasteiger partial charge on any atom is -0.308 e. The van der Waals surface area contributed by atoms with Gasteiger partial charge in [-0.25, -0.2) is 0 Å². The Bertz CT molecular complexity index is 463. The van der Waals surface area contributed by atoms with E-state index < -0.39 is 0 Å². The molecule has 21 heavy (non-hydrogen) atoms. The van der Waals surface area contributed by atoms with E-state index in [2.05, 4.69) is 30.9 Å². The number of ketones is 1. The smallest absolute Gasteiger partial charge is 0.162 e. The molecule has 1 aromatic rings. The van der Waals surface area contributed by atoms with Gasteiger partial charge >= 0.3 is 0 Å². The molecule has 0 saturated carbocycles. The summed E-state index contributed by atoms with van der Waals surface area (Å²) >= 11 is 0. The molecular weight excluding hydrogens is 260 g/mol. The second-order valence-corrected chi connectivity index (χ2v) is 6.53. The van der Waals surface area contributed by atoms with Crippen LogP contribution in [0.5, 0.6) is 0 Å². The van der Waals surface area contributed by atoms with E-state index in [-0.39, 0.29) is 11.2 Å². The van der Waals surface area contributed by atoms with Gasteiger partial charge in [-0.3, -0.25) is 4.79 Å². The maximum Gasteiger partial charge on any atom is 0.162 e. The molecule has 0 saturated heterocycles. The Morgan fingerprint density at radius 2 is 1.71 bits per heavy atom. The molecule has 0 atom stereocenters. The van der Waals surface area contributed by atoms with Crippen LogP contribution in [0.2, 0.25) is 0 Å². The standard InChI is InChI=1S/C18H28N2O/c1-18(2,15-20(5)14-13-19(3)4)17(21)12-11-16-9-7-6-8-10-16/h6-12H,13-15H2,1-5H3/b12-11+. The fourth-order valence-corrected chi connectivity index (χ4v) is 2.16. The van der Waals surface area contributed by atoms with Crippen LogP contribution in [0.4, 0.5) is 0 Å². The average Bonchev–Trinajstić information content (AvgIpc) is 2.43. The lowest BCUT2D eigenvalue weighted by atomic mass is 9.87. The van der Waals surface area contributed by atoms with Crippen molar-refractivity contribution in [3.63, 3.8) is 0 Å². The Balaban J connectivity index is 2.56. The monoisotopic (exact) mass is 288 g/mol. The molecule has 0 amide bonds. The van der Waals surface area contributed by atoms with E-state index in [1.807, 2.05) is 50.3 Å². The van der Waals surface area contributed by atoms with Crippen molar-refractivity contribution < 1.29 is 4.79 Å². The Labute approximate surface area is 129 Å². The fourth-order valence-electron chi connectivity index (χ4n) is 2.16. The van der Waals surface area contributed by atoms with Crippen LogP contribution in [-0.4, -0.2) is 56.4 Å². The van der Waals surface area contributed by atoms with Gasteiger partial charge in [0.15, 0.2) is 5.78 Å². The molecule has 1 aromatic carbocycles. The van der Waals surface area contributed by atoms with Crippen molar-refractivity contribution in [3.05, 3.63) is 42.0 Å². The normalized spacial score (nSPS) is 12.5. The molecule has 0 aliphatic heterocycles. The summed E-state index contributed by atoms with van der Waals surface area (Å²) in [5.74, 6) is 0.169. The van der Waals surface area contributed by atoms with Gasteiger partial charge < -0.3 is 9.80 Å². The zero-order valence-electron chi connectivity index (χ0n) is 14.0. The summed E-state index contributed by atoms with van der Waals surface area (Å²) in [6, 6.07) is 9.93. The molecule has 0 unspecified atom stereocenters. The Hall–Kier alpha value is -1.45. The van der Waals surface area contributed by atoms with Crippen molar-refractivity contribution in [2.24, 2.45) is 5.41 Å². The average molecular weight is 288 g/mol. The van der Waals surface area contributed by atoms with Gasteiger partial charge in [-0.05, 0) is 32.8 Å². The molecule has 1 rings (SSSR count). The minimum atomic E-state index is -0.369. The number of rotatable bonds is 8. The summed E-state index contributed by atoms with van der Waals surface area (Å²) in [6.07, 6.45) is 3.60. The van der Waals surface area contributed by atoms with Crippen molar-refractivity contribution in [2.75, 3.05) is 40.8 Å². The Morgan fingerprint density at radius 3 is 2.29 bits per heavy atom. The second kappa shape index (κ2) is 8.11. The molecule has 0 aliphatic rings. The SMILES string of the molecule is CN(C)CCN(C)CC(C)(C)C(=O)/C=C/c1ccccc1. The number of hydrogen-bond donors (Lipinski definition) is 0. The predicted octanol–water partition coefficient (Wildman–Crippen LogP) is 2.79. The number of hydrogen-bond acceptors (Lipinski definition) is 3. The van der Waals surface area contributed by atoms with Crippen molar-refractivity contribution in [3.8, 4) is 0 Å². The maximum absolute atomic E-state index is 12.4. The molecule has 116 valence electrons. The van der Waals surface area contributed by atoms with Gasteiger partial charge in [0.25, 0.3) is 0 Å². The molecule has 0 radical (unpaired) electrons. The minimum absolute atomic E-state index is 0.169. The van der Waals surface area contributed by atoms with E-state index in [0.717, 1.165) is 25.2 Å². The summed E-state index contributed by atoms with van der Waals surface area (Å²) in [7, 11) is 6.19. The summed E-state index contributed by atoms with van der Waals surface area (Å²) in [5.41, 5.74) is 0.689. The van der Waals surface area contributed by atoms with Crippen LogP contribution in [-0.2, 0) is 4.79 Å². The Morgan fingerprint density at radius 1 is 1.10 bits per heavy atom. The van der Waals surface area contributed by atoms with Gasteiger partial charge in [0.05, 0.1) is 0 Å². The molecule has 0 spiro atoms. The highest BCUT2D eigenvalue weighted by Crippen LogP contribution is 2.19. The van der Waals surface area contributed by atoms with Crippen molar-refractivity contribution in [2.45, 2.75) is 13.8 Å². The van der Waals surface area contributed by atoms with Gasteiger partial charge in [-0.2, -0.15) is 0 Å². The molecule has 0 N–H and O–H groups in total. The topological polar surface area (TPSA) is 23.6 Å². The predicted molar refractivity (Wildman–Crippen MR) is 90.3 cm³/mol. The van der Waals surface area contributed by atoms with Gasteiger partial charge in [0, 0.05) is 25.0 Å². The van der Waals surface area contributed by atoms with Crippen LogP contribution in [0.15, 0.2) is 36.4 Å². The van der Waals surface area contributed by atoms with Crippen molar-refractivity contribution in [1.29, 1.82) is 0 Å². The van der Waals surface area contributed by atoms with Gasteiger partial charge in [-0.15, -0.1) is 0 Å². The van der Waals surface area contributed by atoms with Crippen LogP contribution in [0.3, 0.4) is 0 Å². The third-order valence-electron chi connectivity index (χ3n) is 3.49. The number of carbonyl (C=O) groups excluding carboxylic acids is 1. The highest BCUT2D eigenvalue weighted by Gasteiger charge is 2.26. The van der Waals surface area contributed by atoms with E-state index >= 15 is 0 Å². The van der Waals surface area contributed by atoms with Crippen LogP contribution >= 0.6 is 0 Å². The Kier molecular flexibility index (Phi) is 6.79. The van der Waals surface area contributed by atoms with Gasteiger partial charge in [-0.1, -0.05) is 50.3 Å². The molecular formula is C18H28N2O. The van der Waals surface area contributed by atoms with Gasteiger partial charge in [0.1, 0.15) is 0 Å². The zero-order chi connectivity index (χ0) is 15.9. The summed E-state index contributed by atoms with van der Waals surface area (Å²) in [5, 5.41) is 0. The summed E-state index contributed by atoms with van der Waals surface area (Å²) in [6.45, 7) is 6.75. The van der Waals surface area contributed by atoms with Crippen LogP contribution < -0.4 is 0 Å². The van der Waals surface area contributed by atoms with Crippen molar-refractivity contribution >= 4 is 11.9 Å². The highest BCUT2D eigenvalue weighted by molar-refractivity contribution is 5.97. The third kappa shape index (κ3) is 6.69. The van der Waals surface area contributed by atoms with E-state index in [1.54, 1.807) is 6.08 Å². The molecule has 3 nitrogen and oxygen atoms in total. The van der Waals surface area contributed by atoms with Crippen LogP contribution in [0, 0.1) is 5.41 Å². The zero-order valence-corrected chi connectivity index (χ0v) is 14.0. The third-order valence-corrected chi connectivity index (χ3v) is 3.49. The van der Waals surface area contributed by atoms with Crippen LogP contribution in [0.25, 0.3) is 6.08 Å². The first-order chi connectivity index (χ1) is 9.81. The van der Waals surface area contributed by atoms with E-state index in [4.69, 9.17) is 0 Å². The lowest BCUT2D eigenvalue weighted by Gasteiger charge is -2.28. The summed E-state index contributed by atoms with van der Waals surface area (Å²) < 4.78 is 0. The first-order valence-electron chi connectivity index (χ1n) is 7.42. The van der Waals surface area contributed by atoms with Gasteiger partial charge in [0.2, 0.25) is 0 Å². The number of benzene rings is 1. The first kappa shape index (κ1) is 17.6. The lowest BCUT2D eigenvalue weighted by molar-refractivity contribution is -0.122. The number of carbonyl (C=O) groups is 1. The van der Waals surface area contributed by atoms with Crippen LogP contribution in [0.1, 0.15) is 19.4 Å². The second-order valence-electron chi connectivity index (χ2n) is 6.53. The van der Waals surface area contributed by atoms with E-state index in [1.165, 1.54) is 0 Å². The fraction of sp³-hybridized carbons (Fsp3) is 0.500. The molecule has 0 heterocycles. The largest absolute Gasteiger partial charge is 0.308 e. The van der Waals surface area contributed by atoms with Crippen molar-refractivity contribution in [1.82, 2.24) is 9.80 Å². The highest BCUT2D eigenvalue weighted by atomic mass is 16.1.